The summed E-state index contributed by atoms with van der Waals surface area (Å²) in [6.45, 7) is 12.1. The number of ether oxygens (including phenoxy) is 1. The van der Waals surface area contributed by atoms with Crippen molar-refractivity contribution in [1.29, 1.82) is 0 Å². The van der Waals surface area contributed by atoms with Gasteiger partial charge in [0, 0.05) is 5.69 Å². The van der Waals surface area contributed by atoms with Gasteiger partial charge in [-0.3, -0.25) is 10.1 Å². The first kappa shape index (κ1) is 25.6. The van der Waals surface area contributed by atoms with Crippen LogP contribution >= 0.6 is 23.2 Å². The van der Waals surface area contributed by atoms with Crippen molar-refractivity contribution < 1.29 is 14.3 Å². The molecule has 0 heterocycles. The number of carbonyl (C=O) groups is 2. The van der Waals surface area contributed by atoms with Crippen LogP contribution in [-0.4, -0.2) is 11.9 Å². The Morgan fingerprint density at radius 3 is 2.21 bits per heavy atom. The van der Waals surface area contributed by atoms with Gasteiger partial charge in [0.1, 0.15) is 11.5 Å². The van der Waals surface area contributed by atoms with E-state index in [-0.39, 0.29) is 16.0 Å². The number of aryl methyl sites for hydroxylation is 2. The molecule has 178 valence electrons. The van der Waals surface area contributed by atoms with E-state index in [1.807, 2.05) is 19.9 Å². The van der Waals surface area contributed by atoms with Gasteiger partial charge in [-0.05, 0) is 72.7 Å². The molecule has 3 rings (SSSR count). The molecule has 0 aliphatic heterocycles. The smallest absolute Gasteiger partial charge is 0.326 e. The van der Waals surface area contributed by atoms with Gasteiger partial charge in [-0.15, -0.1) is 0 Å². The van der Waals surface area contributed by atoms with Crippen molar-refractivity contribution in [2.45, 2.75) is 47.0 Å². The zero-order chi connectivity index (χ0) is 25.2. The van der Waals surface area contributed by atoms with Crippen molar-refractivity contribution in [2.75, 3.05) is 5.32 Å². The second-order valence-electron chi connectivity index (χ2n) is 9.23. The molecule has 7 heteroatoms. The minimum atomic E-state index is -0.689. The van der Waals surface area contributed by atoms with Crippen LogP contribution < -0.4 is 15.4 Å². The molecule has 3 amide bonds. The minimum absolute atomic E-state index is 0.0363. The molecular formula is C27H28Cl2N2O3. The molecule has 0 unspecified atom stereocenters. The molecule has 0 spiro atoms. The van der Waals surface area contributed by atoms with Crippen LogP contribution in [0.2, 0.25) is 10.0 Å². The summed E-state index contributed by atoms with van der Waals surface area (Å²) in [6.07, 6.45) is 0. The summed E-state index contributed by atoms with van der Waals surface area (Å²) < 4.78 is 6.19. The first-order valence-electron chi connectivity index (χ1n) is 10.8. The van der Waals surface area contributed by atoms with Crippen LogP contribution in [0.1, 0.15) is 53.4 Å². The lowest BCUT2D eigenvalue weighted by Crippen LogP contribution is -2.34. The van der Waals surface area contributed by atoms with Gasteiger partial charge in [-0.2, -0.15) is 0 Å². The maximum absolute atomic E-state index is 12.5. The van der Waals surface area contributed by atoms with Gasteiger partial charge in [0.15, 0.2) is 0 Å². The fourth-order valence-corrected chi connectivity index (χ4v) is 3.93. The SMILES string of the molecule is Cc1cc(C(C)(C)C)ccc1Oc1c(C)cc(NC(=O)NC(=O)c2ccccc2Cl)c(C)c1Cl. The maximum atomic E-state index is 12.5. The minimum Gasteiger partial charge on any atom is -0.455 e. The highest BCUT2D eigenvalue weighted by molar-refractivity contribution is 6.34. The molecule has 2 N–H and O–H groups in total. The topological polar surface area (TPSA) is 67.4 Å². The highest BCUT2D eigenvalue weighted by atomic mass is 35.5. The molecule has 0 bridgehead atoms. The van der Waals surface area contributed by atoms with Gasteiger partial charge < -0.3 is 10.1 Å². The van der Waals surface area contributed by atoms with Crippen LogP contribution in [0.15, 0.2) is 48.5 Å². The average Bonchev–Trinajstić information content (AvgIpc) is 2.75. The maximum Gasteiger partial charge on any atom is 0.326 e. The summed E-state index contributed by atoms with van der Waals surface area (Å²) in [5.41, 5.74) is 4.29. The van der Waals surface area contributed by atoms with Gasteiger partial charge in [-0.25, -0.2) is 4.79 Å². The van der Waals surface area contributed by atoms with Crippen LogP contribution in [0, 0.1) is 20.8 Å². The van der Waals surface area contributed by atoms with E-state index < -0.39 is 11.9 Å². The third kappa shape index (κ3) is 5.72. The Morgan fingerprint density at radius 1 is 0.912 bits per heavy atom. The highest BCUT2D eigenvalue weighted by Gasteiger charge is 2.19. The number of amides is 3. The summed E-state index contributed by atoms with van der Waals surface area (Å²) in [7, 11) is 0. The van der Waals surface area contributed by atoms with E-state index in [1.54, 1.807) is 37.3 Å². The molecule has 0 saturated carbocycles. The molecule has 0 saturated heterocycles. The summed E-state index contributed by atoms with van der Waals surface area (Å²) in [6, 6.07) is 13.7. The van der Waals surface area contributed by atoms with Crippen LogP contribution in [0.3, 0.4) is 0 Å². The standard InChI is InChI=1S/C27H28Cl2N2O3/c1-15-13-18(27(4,5)6)11-12-22(15)34-24-16(2)14-21(17(3)23(24)29)30-26(33)31-25(32)19-9-7-8-10-20(19)28/h7-14H,1-6H3,(H2,30,31,32,33). The van der Waals surface area contributed by atoms with Gasteiger partial charge in [-0.1, -0.05) is 68.2 Å². The number of benzene rings is 3. The fraction of sp³-hybridized carbons (Fsp3) is 0.259. The third-order valence-electron chi connectivity index (χ3n) is 5.50. The Labute approximate surface area is 210 Å². The summed E-state index contributed by atoms with van der Waals surface area (Å²) >= 11 is 12.7. The Bertz CT molecular complexity index is 1260. The molecule has 3 aromatic rings. The molecular weight excluding hydrogens is 471 g/mol. The van der Waals surface area contributed by atoms with Crippen molar-refractivity contribution >= 4 is 40.8 Å². The van der Waals surface area contributed by atoms with Crippen molar-refractivity contribution in [3.63, 3.8) is 0 Å². The van der Waals surface area contributed by atoms with E-state index in [0.717, 1.165) is 11.1 Å². The third-order valence-corrected chi connectivity index (χ3v) is 6.28. The molecule has 0 radical (unpaired) electrons. The van der Waals surface area contributed by atoms with Crippen LogP contribution in [-0.2, 0) is 5.41 Å². The molecule has 0 fully saturated rings. The average molecular weight is 499 g/mol. The number of hydrogen-bond donors (Lipinski definition) is 2. The number of hydrogen-bond acceptors (Lipinski definition) is 3. The number of imide groups is 1. The van der Waals surface area contributed by atoms with Gasteiger partial charge in [0.2, 0.25) is 0 Å². The van der Waals surface area contributed by atoms with Gasteiger partial charge in [0.25, 0.3) is 5.91 Å². The van der Waals surface area contributed by atoms with Crippen molar-refractivity contribution in [3.05, 3.63) is 86.4 Å². The van der Waals surface area contributed by atoms with Crippen molar-refractivity contribution in [2.24, 2.45) is 0 Å². The molecule has 0 aliphatic rings. The monoisotopic (exact) mass is 498 g/mol. The van der Waals surface area contributed by atoms with E-state index in [1.165, 1.54) is 5.56 Å². The highest BCUT2D eigenvalue weighted by Crippen LogP contribution is 2.40. The van der Waals surface area contributed by atoms with Crippen molar-refractivity contribution in [1.82, 2.24) is 5.32 Å². The zero-order valence-electron chi connectivity index (χ0n) is 20.1. The number of halogens is 2. The lowest BCUT2D eigenvalue weighted by atomic mass is 9.86. The molecule has 0 atom stereocenters. The second-order valence-corrected chi connectivity index (χ2v) is 10.0. The van der Waals surface area contributed by atoms with E-state index >= 15 is 0 Å². The van der Waals surface area contributed by atoms with E-state index in [9.17, 15) is 9.59 Å². The summed E-state index contributed by atoms with van der Waals surface area (Å²) in [5, 5.41) is 5.61. The Balaban J connectivity index is 1.80. The lowest BCUT2D eigenvalue weighted by Gasteiger charge is -2.21. The van der Waals surface area contributed by atoms with Crippen LogP contribution in [0.5, 0.6) is 11.5 Å². The summed E-state index contributed by atoms with van der Waals surface area (Å²) in [5.74, 6) is 0.628. The van der Waals surface area contributed by atoms with Crippen LogP contribution in [0.25, 0.3) is 0 Å². The molecule has 5 nitrogen and oxygen atoms in total. The molecule has 0 aromatic heterocycles. The predicted octanol–water partition coefficient (Wildman–Crippen LogP) is 7.97. The summed E-state index contributed by atoms with van der Waals surface area (Å²) in [4.78, 5) is 24.8. The van der Waals surface area contributed by atoms with Crippen molar-refractivity contribution in [3.8, 4) is 11.5 Å². The molecule has 34 heavy (non-hydrogen) atoms. The number of urea groups is 1. The predicted molar refractivity (Wildman–Crippen MR) is 139 cm³/mol. The number of carbonyl (C=O) groups excluding carboxylic acids is 2. The second kappa shape index (κ2) is 10.1. The zero-order valence-corrected chi connectivity index (χ0v) is 21.6. The number of rotatable bonds is 4. The van der Waals surface area contributed by atoms with Gasteiger partial charge in [0.05, 0.1) is 15.6 Å². The van der Waals surface area contributed by atoms with E-state index in [2.05, 4.69) is 43.5 Å². The molecule has 3 aromatic carbocycles. The van der Waals surface area contributed by atoms with Gasteiger partial charge >= 0.3 is 6.03 Å². The quantitative estimate of drug-likeness (QED) is 0.383. The fourth-order valence-electron chi connectivity index (χ4n) is 3.42. The van der Waals surface area contributed by atoms with E-state index in [4.69, 9.17) is 27.9 Å². The number of nitrogens with one attached hydrogen (secondary N) is 2. The number of anilines is 1. The van der Waals surface area contributed by atoms with E-state index in [0.29, 0.717) is 27.8 Å². The molecule has 0 aliphatic carbocycles. The normalized spacial score (nSPS) is 11.2. The Hall–Kier alpha value is -3.02. The van der Waals surface area contributed by atoms with Crippen LogP contribution in [0.4, 0.5) is 10.5 Å². The first-order valence-corrected chi connectivity index (χ1v) is 11.6. The Kier molecular flexibility index (Phi) is 7.59. The largest absolute Gasteiger partial charge is 0.455 e. The lowest BCUT2D eigenvalue weighted by molar-refractivity contribution is 0.0967. The first-order chi connectivity index (χ1) is 15.9. The Morgan fingerprint density at radius 2 is 1.59 bits per heavy atom.